The van der Waals surface area contributed by atoms with Crippen LogP contribution in [0.1, 0.15) is 64.5 Å². The Morgan fingerprint density at radius 1 is 0.970 bits per heavy atom. The Labute approximate surface area is 198 Å². The first-order chi connectivity index (χ1) is 15.7. The van der Waals surface area contributed by atoms with Crippen LogP contribution in [-0.2, 0) is 0 Å². The molecule has 0 N–H and O–H groups in total. The molecule has 33 heavy (non-hydrogen) atoms. The van der Waals surface area contributed by atoms with Crippen molar-refractivity contribution in [2.24, 2.45) is 4.99 Å². The second-order valence-corrected chi connectivity index (χ2v) is 9.27. The lowest BCUT2D eigenvalue weighted by atomic mass is 10.1. The summed E-state index contributed by atoms with van der Waals surface area (Å²) in [4.78, 5) is 4.81. The maximum absolute atomic E-state index is 6.22. The molecule has 0 saturated heterocycles. The van der Waals surface area contributed by atoms with Crippen LogP contribution < -0.4 is 20.0 Å². The van der Waals surface area contributed by atoms with Crippen molar-refractivity contribution >= 4 is 12.3 Å². The number of hydrogen-bond acceptors (Lipinski definition) is 3. The first kappa shape index (κ1) is 24.6. The third kappa shape index (κ3) is 6.71. The zero-order chi connectivity index (χ0) is 24.0. The SMILES string of the molecule is C=c1cc(C)c2c(c1C)Oc1cc(OC/C=C(\C)CC/C=C(\C)CCC=C(C)C)ccc1N=2. The van der Waals surface area contributed by atoms with E-state index in [4.69, 9.17) is 14.5 Å². The molecule has 1 aliphatic rings. The fraction of sp³-hybridized carbons (Fsp3) is 0.367. The number of fused-ring (bicyclic) bond motifs is 2. The molecule has 0 aliphatic carbocycles. The van der Waals surface area contributed by atoms with Crippen LogP contribution in [0.15, 0.2) is 64.2 Å². The molecule has 0 aromatic heterocycles. The van der Waals surface area contributed by atoms with E-state index in [2.05, 4.69) is 58.6 Å². The standard InChI is InChI=1S/C30H37NO2/c1-20(2)10-8-11-21(3)12-9-13-22(4)16-17-32-26-14-15-27-28(19-26)33-30-25(7)23(5)18-24(6)29(30)31-27/h10,12,14-16,18-19H,5,8-9,11,13,17H2,1-4,6-7H3/b21-12+,22-16+. The van der Waals surface area contributed by atoms with Crippen molar-refractivity contribution in [2.45, 2.75) is 67.2 Å². The van der Waals surface area contributed by atoms with E-state index in [-0.39, 0.29) is 0 Å². The van der Waals surface area contributed by atoms with Gasteiger partial charge < -0.3 is 9.47 Å². The highest BCUT2D eigenvalue weighted by Crippen LogP contribution is 2.37. The predicted molar refractivity (Wildman–Crippen MR) is 139 cm³/mol. The van der Waals surface area contributed by atoms with E-state index in [1.54, 1.807) is 0 Å². The van der Waals surface area contributed by atoms with E-state index in [1.165, 1.54) is 16.7 Å². The number of allylic oxidation sites excluding steroid dienone is 5. The minimum absolute atomic E-state index is 0.544. The second kappa shape index (κ2) is 11.2. The van der Waals surface area contributed by atoms with Gasteiger partial charge in [-0.05, 0) is 102 Å². The Kier molecular flexibility index (Phi) is 8.32. The molecule has 0 spiro atoms. The van der Waals surface area contributed by atoms with Gasteiger partial charge in [-0.1, -0.05) is 35.5 Å². The smallest absolute Gasteiger partial charge is 0.156 e. The highest BCUT2D eigenvalue weighted by molar-refractivity contribution is 5.60. The zero-order valence-corrected chi connectivity index (χ0v) is 21.0. The van der Waals surface area contributed by atoms with Crippen molar-refractivity contribution < 1.29 is 9.47 Å². The molecule has 2 aromatic carbocycles. The lowest BCUT2D eigenvalue weighted by Crippen LogP contribution is -2.20. The van der Waals surface area contributed by atoms with E-state index >= 15 is 0 Å². The van der Waals surface area contributed by atoms with Crippen molar-refractivity contribution in [3.05, 3.63) is 80.9 Å². The molecule has 1 aliphatic heterocycles. The molecule has 3 nitrogen and oxygen atoms in total. The largest absolute Gasteiger partial charge is 0.489 e. The van der Waals surface area contributed by atoms with Gasteiger partial charge in [0.15, 0.2) is 11.5 Å². The summed E-state index contributed by atoms with van der Waals surface area (Å²) < 4.78 is 12.2. The summed E-state index contributed by atoms with van der Waals surface area (Å²) in [5, 5.41) is 1.86. The first-order valence-corrected chi connectivity index (χ1v) is 11.8. The number of rotatable bonds is 9. The number of ether oxygens (including phenoxy) is 2. The second-order valence-electron chi connectivity index (χ2n) is 9.27. The fourth-order valence-corrected chi connectivity index (χ4v) is 3.81. The number of benzene rings is 2. The lowest BCUT2D eigenvalue weighted by Gasteiger charge is -2.18. The quantitative estimate of drug-likeness (QED) is 0.319. The average Bonchev–Trinajstić information content (AvgIpc) is 2.76. The summed E-state index contributed by atoms with van der Waals surface area (Å²) in [6.45, 7) is 17.4. The molecule has 2 aromatic rings. The van der Waals surface area contributed by atoms with E-state index in [9.17, 15) is 0 Å². The summed E-state index contributed by atoms with van der Waals surface area (Å²) in [5.41, 5.74) is 7.13. The minimum Gasteiger partial charge on any atom is -0.489 e. The van der Waals surface area contributed by atoms with Crippen LogP contribution in [0.4, 0.5) is 5.69 Å². The van der Waals surface area contributed by atoms with Gasteiger partial charge in [-0.3, -0.25) is 0 Å². The lowest BCUT2D eigenvalue weighted by molar-refractivity contribution is 0.358. The highest BCUT2D eigenvalue weighted by atomic mass is 16.5. The highest BCUT2D eigenvalue weighted by Gasteiger charge is 2.17. The molecule has 0 atom stereocenters. The molecular weight excluding hydrogens is 406 g/mol. The zero-order valence-electron chi connectivity index (χ0n) is 21.0. The van der Waals surface area contributed by atoms with Gasteiger partial charge in [0.25, 0.3) is 0 Å². The Morgan fingerprint density at radius 3 is 2.39 bits per heavy atom. The normalized spacial score (nSPS) is 12.9. The molecule has 0 amide bonds. The van der Waals surface area contributed by atoms with Crippen LogP contribution in [0.2, 0.25) is 0 Å². The number of aryl methyl sites for hydroxylation is 1. The monoisotopic (exact) mass is 443 g/mol. The van der Waals surface area contributed by atoms with Crippen LogP contribution in [0.3, 0.4) is 0 Å². The van der Waals surface area contributed by atoms with Crippen LogP contribution in [0.5, 0.6) is 17.2 Å². The van der Waals surface area contributed by atoms with E-state index in [0.29, 0.717) is 6.61 Å². The van der Waals surface area contributed by atoms with Crippen molar-refractivity contribution in [3.8, 4) is 17.2 Å². The van der Waals surface area contributed by atoms with E-state index in [1.807, 2.05) is 32.0 Å². The summed E-state index contributed by atoms with van der Waals surface area (Å²) >= 11 is 0. The molecule has 0 saturated carbocycles. The first-order valence-electron chi connectivity index (χ1n) is 11.8. The Hall–Kier alpha value is -3.07. The fourth-order valence-electron chi connectivity index (χ4n) is 3.81. The van der Waals surface area contributed by atoms with E-state index < -0.39 is 0 Å². The van der Waals surface area contributed by atoms with Crippen molar-refractivity contribution in [3.63, 3.8) is 0 Å². The molecule has 3 rings (SSSR count). The van der Waals surface area contributed by atoms with Gasteiger partial charge in [0.1, 0.15) is 23.4 Å². The van der Waals surface area contributed by atoms with Crippen molar-refractivity contribution in [1.29, 1.82) is 0 Å². The summed E-state index contributed by atoms with van der Waals surface area (Å²) in [6, 6.07) is 7.89. The Balaban J connectivity index is 1.56. The van der Waals surface area contributed by atoms with Gasteiger partial charge in [-0.25, -0.2) is 4.99 Å². The topological polar surface area (TPSA) is 30.8 Å². The van der Waals surface area contributed by atoms with Gasteiger partial charge >= 0.3 is 0 Å². The van der Waals surface area contributed by atoms with Crippen molar-refractivity contribution in [2.75, 3.05) is 6.61 Å². The van der Waals surface area contributed by atoms with Gasteiger partial charge in [-0.15, -0.1) is 0 Å². The number of nitrogens with zero attached hydrogens (tertiary/aromatic N) is 1. The third-order valence-electron chi connectivity index (χ3n) is 5.98. The minimum atomic E-state index is 0.544. The van der Waals surface area contributed by atoms with Gasteiger partial charge in [0, 0.05) is 11.6 Å². The van der Waals surface area contributed by atoms with Crippen LogP contribution in [-0.4, -0.2) is 6.61 Å². The maximum atomic E-state index is 6.22. The molecule has 0 unspecified atom stereocenters. The van der Waals surface area contributed by atoms with E-state index in [0.717, 1.165) is 70.3 Å². The molecular formula is C30H37NO2. The van der Waals surface area contributed by atoms with Gasteiger partial charge in [-0.2, -0.15) is 0 Å². The molecule has 1 heterocycles. The van der Waals surface area contributed by atoms with Gasteiger partial charge in [0.2, 0.25) is 0 Å². The predicted octanol–water partition coefficient (Wildman–Crippen LogP) is 7.57. The summed E-state index contributed by atoms with van der Waals surface area (Å²) in [5.74, 6) is 2.30. The number of hydrogen-bond donors (Lipinski definition) is 0. The summed E-state index contributed by atoms with van der Waals surface area (Å²) in [7, 11) is 0. The van der Waals surface area contributed by atoms with Crippen LogP contribution >= 0.6 is 0 Å². The van der Waals surface area contributed by atoms with Crippen LogP contribution in [0, 0.1) is 13.8 Å². The maximum Gasteiger partial charge on any atom is 0.156 e. The molecule has 174 valence electrons. The molecule has 3 heteroatoms. The van der Waals surface area contributed by atoms with Crippen molar-refractivity contribution in [1.82, 2.24) is 0 Å². The average molecular weight is 444 g/mol. The Morgan fingerprint density at radius 2 is 1.67 bits per heavy atom. The van der Waals surface area contributed by atoms with Gasteiger partial charge in [0.05, 0.1) is 0 Å². The Bertz CT molecular complexity index is 1210. The molecule has 0 bridgehead atoms. The summed E-state index contributed by atoms with van der Waals surface area (Å²) in [6.07, 6.45) is 11.2. The molecule has 0 fully saturated rings. The van der Waals surface area contributed by atoms with Crippen LogP contribution in [0.25, 0.3) is 6.58 Å². The third-order valence-corrected chi connectivity index (χ3v) is 5.98. The molecule has 0 radical (unpaired) electrons.